The van der Waals surface area contributed by atoms with Crippen molar-refractivity contribution in [3.05, 3.63) is 71.1 Å². The third kappa shape index (κ3) is 6.03. The van der Waals surface area contributed by atoms with Crippen molar-refractivity contribution in [2.45, 2.75) is 9.92 Å². The topological polar surface area (TPSA) is 74.2 Å². The van der Waals surface area contributed by atoms with E-state index in [2.05, 4.69) is 46.0 Å². The van der Waals surface area contributed by atoms with E-state index in [1.165, 1.54) is 11.8 Å². The minimum absolute atomic E-state index is 0.0935. The number of carbonyl (C=O) groups excluding carboxylic acids is 1. The SMILES string of the molecule is O=C(NCCN1CCN(c2ncccn2)CC1)c1cccnc1Sc1ccc(Br)cc1. The molecular weight excluding hydrogens is 476 g/mol. The van der Waals surface area contributed by atoms with Crippen molar-refractivity contribution in [3.63, 3.8) is 0 Å². The largest absolute Gasteiger partial charge is 0.351 e. The van der Waals surface area contributed by atoms with Crippen LogP contribution in [0.1, 0.15) is 10.4 Å². The molecule has 1 N–H and O–H groups in total. The molecular formula is C22H23BrN6OS. The first-order chi connectivity index (χ1) is 15.2. The van der Waals surface area contributed by atoms with Crippen molar-refractivity contribution in [3.8, 4) is 0 Å². The van der Waals surface area contributed by atoms with Gasteiger partial charge in [0.25, 0.3) is 5.91 Å². The van der Waals surface area contributed by atoms with Crippen LogP contribution in [0.5, 0.6) is 0 Å². The number of anilines is 1. The Kier molecular flexibility index (Phi) is 7.50. The summed E-state index contributed by atoms with van der Waals surface area (Å²) in [6, 6.07) is 13.4. The first kappa shape index (κ1) is 21.7. The number of nitrogens with one attached hydrogen (secondary N) is 1. The number of piperazine rings is 1. The molecule has 0 saturated carbocycles. The Bertz CT molecular complexity index is 996. The maximum absolute atomic E-state index is 12.8. The molecule has 7 nitrogen and oxygen atoms in total. The monoisotopic (exact) mass is 498 g/mol. The number of halogens is 1. The molecule has 1 aromatic carbocycles. The number of pyridine rings is 1. The van der Waals surface area contributed by atoms with E-state index in [0.717, 1.165) is 48.0 Å². The molecule has 1 aliphatic rings. The van der Waals surface area contributed by atoms with Crippen LogP contribution in [0.3, 0.4) is 0 Å². The first-order valence-corrected chi connectivity index (χ1v) is 11.7. The van der Waals surface area contributed by atoms with Gasteiger partial charge >= 0.3 is 0 Å². The van der Waals surface area contributed by atoms with E-state index >= 15 is 0 Å². The van der Waals surface area contributed by atoms with E-state index in [4.69, 9.17) is 0 Å². The van der Waals surface area contributed by atoms with E-state index in [-0.39, 0.29) is 5.91 Å². The Morgan fingerprint density at radius 2 is 1.68 bits per heavy atom. The highest BCUT2D eigenvalue weighted by Crippen LogP contribution is 2.29. The number of carbonyl (C=O) groups is 1. The van der Waals surface area contributed by atoms with Crippen LogP contribution in [0.25, 0.3) is 0 Å². The summed E-state index contributed by atoms with van der Waals surface area (Å²) in [4.78, 5) is 31.4. The van der Waals surface area contributed by atoms with Gasteiger partial charge in [0.05, 0.1) is 5.56 Å². The van der Waals surface area contributed by atoms with Crippen molar-refractivity contribution >= 4 is 39.5 Å². The lowest BCUT2D eigenvalue weighted by atomic mass is 10.2. The van der Waals surface area contributed by atoms with Gasteiger partial charge in [-0.2, -0.15) is 0 Å². The molecule has 4 rings (SSSR count). The van der Waals surface area contributed by atoms with Gasteiger partial charge in [-0.25, -0.2) is 15.0 Å². The lowest BCUT2D eigenvalue weighted by Crippen LogP contribution is -2.49. The fraction of sp³-hybridized carbons (Fsp3) is 0.273. The highest BCUT2D eigenvalue weighted by atomic mass is 79.9. The molecule has 3 aromatic rings. The Balaban J connectivity index is 1.26. The predicted molar refractivity (Wildman–Crippen MR) is 126 cm³/mol. The van der Waals surface area contributed by atoms with Crippen LogP contribution in [0.4, 0.5) is 5.95 Å². The molecule has 1 fully saturated rings. The number of rotatable bonds is 7. The molecule has 0 atom stereocenters. The number of amides is 1. The maximum Gasteiger partial charge on any atom is 0.254 e. The lowest BCUT2D eigenvalue weighted by molar-refractivity contribution is 0.0944. The number of aromatic nitrogens is 3. The predicted octanol–water partition coefficient (Wildman–Crippen LogP) is 3.34. The zero-order valence-electron chi connectivity index (χ0n) is 16.9. The molecule has 31 heavy (non-hydrogen) atoms. The van der Waals surface area contributed by atoms with Gasteiger partial charge in [0.15, 0.2) is 0 Å². The third-order valence-corrected chi connectivity index (χ3v) is 6.52. The van der Waals surface area contributed by atoms with E-state index in [1.807, 2.05) is 36.4 Å². The molecule has 2 aromatic heterocycles. The van der Waals surface area contributed by atoms with Crippen LogP contribution in [0.2, 0.25) is 0 Å². The molecule has 1 amide bonds. The second-order valence-electron chi connectivity index (χ2n) is 7.05. The van der Waals surface area contributed by atoms with Gasteiger partial charge in [-0.3, -0.25) is 9.69 Å². The molecule has 0 radical (unpaired) electrons. The lowest BCUT2D eigenvalue weighted by Gasteiger charge is -2.34. The van der Waals surface area contributed by atoms with Gasteiger partial charge in [-0.15, -0.1) is 0 Å². The van der Waals surface area contributed by atoms with Crippen molar-refractivity contribution in [2.75, 3.05) is 44.2 Å². The Morgan fingerprint density at radius 1 is 0.968 bits per heavy atom. The van der Waals surface area contributed by atoms with Crippen LogP contribution in [0.15, 0.2) is 75.4 Å². The summed E-state index contributed by atoms with van der Waals surface area (Å²) in [5.41, 5.74) is 0.599. The number of benzene rings is 1. The summed E-state index contributed by atoms with van der Waals surface area (Å²) < 4.78 is 1.02. The maximum atomic E-state index is 12.8. The third-order valence-electron chi connectivity index (χ3n) is 4.96. The number of nitrogens with zero attached hydrogens (tertiary/aromatic N) is 5. The van der Waals surface area contributed by atoms with Crippen molar-refractivity contribution in [1.29, 1.82) is 0 Å². The van der Waals surface area contributed by atoms with Gasteiger partial charge in [-0.05, 0) is 42.5 Å². The van der Waals surface area contributed by atoms with E-state index in [0.29, 0.717) is 17.1 Å². The Hall–Kier alpha value is -2.49. The summed E-state index contributed by atoms with van der Waals surface area (Å²) in [6.07, 6.45) is 5.26. The van der Waals surface area contributed by atoms with Gasteiger partial charge in [0.1, 0.15) is 5.03 Å². The van der Waals surface area contributed by atoms with Gasteiger partial charge in [0, 0.05) is 67.2 Å². The Morgan fingerprint density at radius 3 is 2.42 bits per heavy atom. The van der Waals surface area contributed by atoms with Crippen molar-refractivity contribution < 1.29 is 4.79 Å². The molecule has 0 spiro atoms. The first-order valence-electron chi connectivity index (χ1n) is 10.1. The van der Waals surface area contributed by atoms with Gasteiger partial charge in [-0.1, -0.05) is 27.7 Å². The van der Waals surface area contributed by atoms with Crippen LogP contribution >= 0.6 is 27.7 Å². The fourth-order valence-electron chi connectivity index (χ4n) is 3.31. The zero-order valence-corrected chi connectivity index (χ0v) is 19.3. The average Bonchev–Trinajstić information content (AvgIpc) is 2.82. The standard InChI is InChI=1S/C22H23BrN6OS/c23-17-4-6-18(7-5-17)31-21-19(3-1-8-25-21)20(30)24-11-12-28-13-15-29(16-14-28)22-26-9-2-10-27-22/h1-10H,11-16H2,(H,24,30). The second kappa shape index (κ2) is 10.7. The molecule has 1 saturated heterocycles. The molecule has 9 heteroatoms. The molecule has 160 valence electrons. The van der Waals surface area contributed by atoms with E-state index in [9.17, 15) is 4.79 Å². The molecule has 1 aliphatic heterocycles. The van der Waals surface area contributed by atoms with Crippen LogP contribution in [0, 0.1) is 0 Å². The minimum Gasteiger partial charge on any atom is -0.351 e. The Labute approximate surface area is 194 Å². The van der Waals surface area contributed by atoms with Gasteiger partial charge in [0.2, 0.25) is 5.95 Å². The fourth-order valence-corrected chi connectivity index (χ4v) is 4.45. The highest BCUT2D eigenvalue weighted by molar-refractivity contribution is 9.10. The average molecular weight is 499 g/mol. The summed E-state index contributed by atoms with van der Waals surface area (Å²) in [5, 5.41) is 3.75. The molecule has 0 aliphatic carbocycles. The van der Waals surface area contributed by atoms with Crippen LogP contribution in [-0.2, 0) is 0 Å². The summed E-state index contributed by atoms with van der Waals surface area (Å²) >= 11 is 4.93. The smallest absolute Gasteiger partial charge is 0.254 e. The summed E-state index contributed by atoms with van der Waals surface area (Å²) in [6.45, 7) is 5.02. The minimum atomic E-state index is -0.0935. The summed E-state index contributed by atoms with van der Waals surface area (Å²) in [5.74, 6) is 0.687. The van der Waals surface area contributed by atoms with Crippen LogP contribution < -0.4 is 10.2 Å². The molecule has 0 bridgehead atoms. The van der Waals surface area contributed by atoms with Crippen molar-refractivity contribution in [2.24, 2.45) is 0 Å². The molecule has 0 unspecified atom stereocenters. The highest BCUT2D eigenvalue weighted by Gasteiger charge is 2.19. The zero-order chi connectivity index (χ0) is 21.5. The quantitative estimate of drug-likeness (QED) is 0.535. The van der Waals surface area contributed by atoms with Crippen molar-refractivity contribution in [1.82, 2.24) is 25.2 Å². The van der Waals surface area contributed by atoms with Crippen LogP contribution in [-0.4, -0.2) is 65.0 Å². The second-order valence-corrected chi connectivity index (χ2v) is 9.02. The summed E-state index contributed by atoms with van der Waals surface area (Å²) in [7, 11) is 0. The van der Waals surface area contributed by atoms with Gasteiger partial charge < -0.3 is 10.2 Å². The normalized spacial score (nSPS) is 14.4. The number of hydrogen-bond donors (Lipinski definition) is 1. The van der Waals surface area contributed by atoms with E-state index < -0.39 is 0 Å². The molecule has 3 heterocycles. The number of hydrogen-bond acceptors (Lipinski definition) is 7. The van der Waals surface area contributed by atoms with E-state index in [1.54, 1.807) is 24.7 Å².